The second-order valence-corrected chi connectivity index (χ2v) is 3.92. The predicted molar refractivity (Wildman–Crippen MR) is 59.8 cm³/mol. The third-order valence-electron chi connectivity index (χ3n) is 2.88. The Morgan fingerprint density at radius 2 is 2.31 bits per heavy atom. The molecule has 2 unspecified atom stereocenters. The van der Waals surface area contributed by atoms with Crippen LogP contribution < -0.4 is 4.74 Å². The van der Waals surface area contributed by atoms with Crippen LogP contribution in [-0.4, -0.2) is 17.2 Å². The molecule has 0 aromatic carbocycles. The Bertz CT molecular complexity index is 383. The molecule has 1 aromatic heterocycles. The van der Waals surface area contributed by atoms with Gasteiger partial charge in [-0.05, 0) is 19.4 Å². The van der Waals surface area contributed by atoms with Gasteiger partial charge >= 0.3 is 0 Å². The first-order valence-corrected chi connectivity index (χ1v) is 5.16. The number of aliphatic hydroxyl groups is 1. The van der Waals surface area contributed by atoms with E-state index in [2.05, 4.69) is 11.1 Å². The van der Waals surface area contributed by atoms with Crippen molar-refractivity contribution in [2.24, 2.45) is 5.41 Å². The van der Waals surface area contributed by atoms with E-state index in [9.17, 15) is 5.11 Å². The van der Waals surface area contributed by atoms with Crippen LogP contribution in [0, 0.1) is 16.7 Å². The van der Waals surface area contributed by atoms with Crippen LogP contribution in [0.25, 0.3) is 0 Å². The Balaban J connectivity index is 2.96. The van der Waals surface area contributed by atoms with Gasteiger partial charge in [0.05, 0.1) is 24.7 Å². The number of ether oxygens (including phenoxy) is 1. The molecule has 0 fully saturated rings. The summed E-state index contributed by atoms with van der Waals surface area (Å²) in [6, 6.07) is 5.54. The fraction of sp³-hybridized carbons (Fsp3) is 0.500. The number of aromatic nitrogens is 1. The van der Waals surface area contributed by atoms with Crippen molar-refractivity contribution in [3.63, 3.8) is 0 Å². The minimum atomic E-state index is -0.832. The maximum Gasteiger partial charge on any atom is 0.212 e. The van der Waals surface area contributed by atoms with E-state index in [0.717, 1.165) is 0 Å². The molecule has 1 rings (SSSR count). The molecule has 0 saturated heterocycles. The van der Waals surface area contributed by atoms with Gasteiger partial charge in [-0.25, -0.2) is 4.98 Å². The lowest BCUT2D eigenvalue weighted by Gasteiger charge is -2.26. The average molecular weight is 220 g/mol. The molecule has 2 atom stereocenters. The molecule has 0 aliphatic carbocycles. The fourth-order valence-electron chi connectivity index (χ4n) is 1.38. The second-order valence-electron chi connectivity index (χ2n) is 3.92. The molecule has 0 aliphatic rings. The molecular weight excluding hydrogens is 204 g/mol. The molecular formula is C12H16N2O2. The third kappa shape index (κ3) is 2.31. The Hall–Kier alpha value is -1.60. The summed E-state index contributed by atoms with van der Waals surface area (Å²) in [6.07, 6.45) is 1.28. The van der Waals surface area contributed by atoms with Crippen molar-refractivity contribution in [1.82, 2.24) is 4.98 Å². The molecule has 0 saturated carbocycles. The summed E-state index contributed by atoms with van der Waals surface area (Å²) in [4.78, 5) is 4.01. The predicted octanol–water partition coefficient (Wildman–Crippen LogP) is 2.06. The molecule has 0 aliphatic heterocycles. The minimum Gasteiger partial charge on any atom is -0.481 e. The smallest absolute Gasteiger partial charge is 0.212 e. The molecule has 0 amide bonds. The summed E-state index contributed by atoms with van der Waals surface area (Å²) < 4.78 is 4.93. The minimum absolute atomic E-state index is 0.492. The highest BCUT2D eigenvalue weighted by Crippen LogP contribution is 2.35. The molecule has 0 spiro atoms. The Morgan fingerprint density at radius 1 is 1.62 bits per heavy atom. The standard InChI is InChI=1S/C12H16N2O2/c1-4-12(2,8-13)11(15)9-5-6-10(16-3)14-7-9/h5-7,11,15H,4H2,1-3H3. The van der Waals surface area contributed by atoms with E-state index < -0.39 is 11.5 Å². The number of aliphatic hydroxyl groups excluding tert-OH is 1. The first-order valence-electron chi connectivity index (χ1n) is 5.16. The number of nitriles is 1. The van der Waals surface area contributed by atoms with Gasteiger partial charge in [-0.15, -0.1) is 0 Å². The van der Waals surface area contributed by atoms with E-state index in [0.29, 0.717) is 17.9 Å². The van der Waals surface area contributed by atoms with Crippen LogP contribution in [0.2, 0.25) is 0 Å². The van der Waals surface area contributed by atoms with Crippen LogP contribution in [0.3, 0.4) is 0 Å². The van der Waals surface area contributed by atoms with Gasteiger partial charge in [0.2, 0.25) is 5.88 Å². The number of pyridine rings is 1. The number of methoxy groups -OCH3 is 1. The van der Waals surface area contributed by atoms with E-state index in [-0.39, 0.29) is 0 Å². The van der Waals surface area contributed by atoms with Gasteiger partial charge in [0, 0.05) is 17.8 Å². The summed E-state index contributed by atoms with van der Waals surface area (Å²) in [5.74, 6) is 0.492. The van der Waals surface area contributed by atoms with Crippen molar-refractivity contribution in [3.05, 3.63) is 23.9 Å². The lowest BCUT2D eigenvalue weighted by atomic mass is 9.80. The van der Waals surface area contributed by atoms with Crippen LogP contribution in [0.4, 0.5) is 0 Å². The van der Waals surface area contributed by atoms with E-state index in [4.69, 9.17) is 10.00 Å². The largest absolute Gasteiger partial charge is 0.481 e. The van der Waals surface area contributed by atoms with Crippen molar-refractivity contribution < 1.29 is 9.84 Å². The third-order valence-corrected chi connectivity index (χ3v) is 2.88. The Kier molecular flexibility index (Phi) is 3.86. The molecule has 4 nitrogen and oxygen atoms in total. The highest BCUT2D eigenvalue weighted by atomic mass is 16.5. The molecule has 4 heteroatoms. The van der Waals surface area contributed by atoms with Crippen LogP contribution in [0.1, 0.15) is 31.9 Å². The van der Waals surface area contributed by atoms with Gasteiger partial charge in [-0.3, -0.25) is 0 Å². The first-order chi connectivity index (χ1) is 7.57. The second kappa shape index (κ2) is 4.95. The van der Waals surface area contributed by atoms with Crippen molar-refractivity contribution in [2.75, 3.05) is 7.11 Å². The highest BCUT2D eigenvalue weighted by Gasteiger charge is 2.32. The van der Waals surface area contributed by atoms with Crippen LogP contribution in [-0.2, 0) is 0 Å². The number of rotatable bonds is 4. The molecule has 1 aromatic rings. The first kappa shape index (κ1) is 12.5. The van der Waals surface area contributed by atoms with Gasteiger partial charge in [0.1, 0.15) is 0 Å². The Morgan fingerprint density at radius 3 is 2.69 bits per heavy atom. The van der Waals surface area contributed by atoms with Gasteiger partial charge in [-0.2, -0.15) is 5.26 Å². The number of nitrogens with zero attached hydrogens (tertiary/aromatic N) is 2. The van der Waals surface area contributed by atoms with Crippen molar-refractivity contribution in [1.29, 1.82) is 5.26 Å². The maximum absolute atomic E-state index is 10.1. The van der Waals surface area contributed by atoms with Gasteiger partial charge in [0.15, 0.2) is 0 Å². The van der Waals surface area contributed by atoms with Gasteiger partial charge in [-0.1, -0.05) is 6.92 Å². The molecule has 0 radical (unpaired) electrons. The lowest BCUT2D eigenvalue weighted by molar-refractivity contribution is 0.0718. The number of hydrogen-bond donors (Lipinski definition) is 1. The quantitative estimate of drug-likeness (QED) is 0.843. The molecule has 1 heterocycles. The average Bonchev–Trinajstić information content (AvgIpc) is 2.37. The Labute approximate surface area is 95.5 Å². The SMILES string of the molecule is CCC(C)(C#N)C(O)c1ccc(OC)nc1. The normalized spacial score (nSPS) is 15.9. The van der Waals surface area contributed by atoms with Crippen LogP contribution in [0.5, 0.6) is 5.88 Å². The zero-order chi connectivity index (χ0) is 12.2. The summed E-state index contributed by atoms with van der Waals surface area (Å²) in [7, 11) is 1.53. The van der Waals surface area contributed by atoms with E-state index >= 15 is 0 Å². The summed E-state index contributed by atoms with van der Waals surface area (Å²) >= 11 is 0. The van der Waals surface area contributed by atoms with Crippen molar-refractivity contribution in [3.8, 4) is 11.9 Å². The maximum atomic E-state index is 10.1. The van der Waals surface area contributed by atoms with Crippen molar-refractivity contribution in [2.45, 2.75) is 26.4 Å². The summed E-state index contributed by atoms with van der Waals surface area (Å²) in [5, 5.41) is 19.2. The van der Waals surface area contributed by atoms with Gasteiger partial charge < -0.3 is 9.84 Å². The van der Waals surface area contributed by atoms with Crippen LogP contribution in [0.15, 0.2) is 18.3 Å². The fourth-order valence-corrected chi connectivity index (χ4v) is 1.38. The highest BCUT2D eigenvalue weighted by molar-refractivity contribution is 5.23. The molecule has 16 heavy (non-hydrogen) atoms. The van der Waals surface area contributed by atoms with Gasteiger partial charge in [0.25, 0.3) is 0 Å². The van der Waals surface area contributed by atoms with Crippen LogP contribution >= 0.6 is 0 Å². The molecule has 1 N–H and O–H groups in total. The molecule has 0 bridgehead atoms. The summed E-state index contributed by atoms with van der Waals surface area (Å²) in [6.45, 7) is 3.62. The topological polar surface area (TPSA) is 66.1 Å². The van der Waals surface area contributed by atoms with E-state index in [1.165, 1.54) is 13.3 Å². The van der Waals surface area contributed by atoms with E-state index in [1.54, 1.807) is 19.1 Å². The zero-order valence-corrected chi connectivity index (χ0v) is 9.77. The number of hydrogen-bond acceptors (Lipinski definition) is 4. The summed E-state index contributed by atoms with van der Waals surface area (Å²) in [5.41, 5.74) is -0.150. The zero-order valence-electron chi connectivity index (χ0n) is 9.77. The lowest BCUT2D eigenvalue weighted by Crippen LogP contribution is -2.23. The van der Waals surface area contributed by atoms with Crippen molar-refractivity contribution >= 4 is 0 Å². The molecule has 86 valence electrons. The monoisotopic (exact) mass is 220 g/mol. The van der Waals surface area contributed by atoms with E-state index in [1.807, 2.05) is 6.92 Å².